The molecule has 0 saturated heterocycles. The number of alkyl halides is 2. The summed E-state index contributed by atoms with van der Waals surface area (Å²) in [5, 5.41) is 3.02. The van der Waals surface area contributed by atoms with Gasteiger partial charge in [-0.25, -0.2) is 8.78 Å². The van der Waals surface area contributed by atoms with Gasteiger partial charge in [0, 0.05) is 44.4 Å². The van der Waals surface area contributed by atoms with Gasteiger partial charge in [-0.05, 0) is 53.6 Å². The first kappa shape index (κ1) is 22.7. The maximum atomic E-state index is 11.7. The highest BCUT2D eigenvalue weighted by molar-refractivity contribution is 5.80. The Hall–Kier alpha value is -2.47. The van der Waals surface area contributed by atoms with Crippen LogP contribution in [0.5, 0.6) is 5.75 Å². The zero-order chi connectivity index (χ0) is 22.7. The molecule has 6 heteroatoms. The molecule has 2 aliphatic carbocycles. The van der Waals surface area contributed by atoms with Crippen molar-refractivity contribution in [1.29, 1.82) is 0 Å². The summed E-state index contributed by atoms with van der Waals surface area (Å²) in [6, 6.07) is 15.0. The number of carbonyl (C=O) groups is 1. The molecule has 0 spiro atoms. The molecule has 4 nitrogen and oxygen atoms in total. The maximum Gasteiger partial charge on any atom is 0.251 e. The molecule has 1 heterocycles. The second kappa shape index (κ2) is 9.57. The molecule has 3 aliphatic rings. The molecule has 0 aromatic heterocycles. The van der Waals surface area contributed by atoms with Crippen molar-refractivity contribution in [3.8, 4) is 5.75 Å². The van der Waals surface area contributed by atoms with E-state index in [1.165, 1.54) is 22.3 Å². The molecule has 1 amide bonds. The Kier molecular flexibility index (Phi) is 6.79. The van der Waals surface area contributed by atoms with E-state index in [-0.39, 0.29) is 24.2 Å². The van der Waals surface area contributed by atoms with E-state index >= 15 is 0 Å². The van der Waals surface area contributed by atoms with Crippen LogP contribution in [-0.2, 0) is 30.8 Å². The van der Waals surface area contributed by atoms with Crippen molar-refractivity contribution < 1.29 is 18.3 Å². The molecule has 32 heavy (non-hydrogen) atoms. The van der Waals surface area contributed by atoms with Crippen molar-refractivity contribution in [1.82, 2.24) is 10.2 Å². The summed E-state index contributed by atoms with van der Waals surface area (Å²) in [5.41, 5.74) is 5.29. The third-order valence-electron chi connectivity index (χ3n) is 6.49. The van der Waals surface area contributed by atoms with Crippen LogP contribution < -0.4 is 10.1 Å². The third-order valence-corrected chi connectivity index (χ3v) is 6.49. The van der Waals surface area contributed by atoms with Gasteiger partial charge in [-0.15, -0.1) is 0 Å². The number of benzene rings is 2. The smallest absolute Gasteiger partial charge is 0.251 e. The van der Waals surface area contributed by atoms with E-state index in [2.05, 4.69) is 46.6 Å². The summed E-state index contributed by atoms with van der Waals surface area (Å²) in [7, 11) is 1.72. The van der Waals surface area contributed by atoms with Gasteiger partial charge in [-0.2, -0.15) is 0 Å². The largest absolute Gasteiger partial charge is 0.497 e. The standard InChI is InChI=1S/C22H26N2O2.C4H6F2/c1-26-21-9-8-20-15-24(11-10-19(20)12-21)14-17-4-2-16(3-5-17)13-23-22(25)18-6-7-18;1-3-2-4(3,5)6/h2-5,8-9,12,18H,6-7,10-11,13-15H2,1H3,(H,23,25);3H,2H2,1H3. The first-order valence-corrected chi connectivity index (χ1v) is 11.5. The molecule has 1 atom stereocenters. The van der Waals surface area contributed by atoms with Crippen LogP contribution in [0.25, 0.3) is 0 Å². The lowest BCUT2D eigenvalue weighted by Crippen LogP contribution is -2.30. The van der Waals surface area contributed by atoms with Crippen LogP contribution in [0.15, 0.2) is 42.5 Å². The molecular weight excluding hydrogens is 410 g/mol. The number of amides is 1. The lowest BCUT2D eigenvalue weighted by Gasteiger charge is -2.29. The molecule has 1 unspecified atom stereocenters. The molecule has 2 aromatic rings. The molecule has 172 valence electrons. The minimum Gasteiger partial charge on any atom is -0.497 e. The number of fused-ring (bicyclic) bond motifs is 1. The van der Waals surface area contributed by atoms with Gasteiger partial charge in [-0.1, -0.05) is 37.3 Å². The Morgan fingerprint density at radius 1 is 1.12 bits per heavy atom. The molecule has 0 bridgehead atoms. The summed E-state index contributed by atoms with van der Waals surface area (Å²) in [4.78, 5) is 14.2. The van der Waals surface area contributed by atoms with Crippen molar-refractivity contribution in [2.24, 2.45) is 11.8 Å². The Bertz CT molecular complexity index is 941. The van der Waals surface area contributed by atoms with Gasteiger partial charge in [0.2, 0.25) is 5.91 Å². The summed E-state index contributed by atoms with van der Waals surface area (Å²) in [5.74, 6) is -1.20. The lowest BCUT2D eigenvalue weighted by molar-refractivity contribution is -0.122. The molecule has 2 saturated carbocycles. The number of methoxy groups -OCH3 is 1. The zero-order valence-corrected chi connectivity index (χ0v) is 18.9. The van der Waals surface area contributed by atoms with E-state index in [0.717, 1.165) is 44.6 Å². The molecule has 2 aromatic carbocycles. The summed E-state index contributed by atoms with van der Waals surface area (Å²) in [6.45, 7) is 5.20. The van der Waals surface area contributed by atoms with Gasteiger partial charge in [0.05, 0.1) is 7.11 Å². The van der Waals surface area contributed by atoms with Crippen molar-refractivity contribution >= 4 is 5.91 Å². The highest BCUT2D eigenvalue weighted by Gasteiger charge is 2.53. The molecule has 5 rings (SSSR count). The topological polar surface area (TPSA) is 41.6 Å². The number of nitrogens with zero attached hydrogens (tertiary/aromatic N) is 1. The average molecular weight is 443 g/mol. The molecule has 1 N–H and O–H groups in total. The number of halogens is 2. The highest BCUT2D eigenvalue weighted by atomic mass is 19.3. The number of rotatable bonds is 6. The lowest BCUT2D eigenvalue weighted by atomic mass is 9.99. The third kappa shape index (κ3) is 6.06. The maximum absolute atomic E-state index is 11.7. The van der Waals surface area contributed by atoms with Crippen LogP contribution >= 0.6 is 0 Å². The van der Waals surface area contributed by atoms with Crippen molar-refractivity contribution in [2.45, 2.75) is 58.2 Å². The molecule has 0 radical (unpaired) electrons. The normalized spacial score (nSPS) is 21.1. The minimum absolute atomic E-state index is 0.104. The predicted molar refractivity (Wildman–Crippen MR) is 121 cm³/mol. The van der Waals surface area contributed by atoms with Gasteiger partial charge in [0.1, 0.15) is 5.75 Å². The fraction of sp³-hybridized carbons (Fsp3) is 0.500. The van der Waals surface area contributed by atoms with E-state index in [1.54, 1.807) is 14.0 Å². The van der Waals surface area contributed by atoms with Crippen molar-refractivity contribution in [2.75, 3.05) is 13.7 Å². The Labute approximate surface area is 189 Å². The predicted octanol–water partition coefficient (Wildman–Crippen LogP) is 4.94. The average Bonchev–Trinajstić information content (AvgIpc) is 3.71. The number of hydrogen-bond acceptors (Lipinski definition) is 3. The second-order valence-electron chi connectivity index (χ2n) is 9.27. The van der Waals surface area contributed by atoms with Crippen LogP contribution in [0.1, 0.15) is 48.4 Å². The molecule has 2 fully saturated rings. The summed E-state index contributed by atoms with van der Waals surface area (Å²) >= 11 is 0. The second-order valence-corrected chi connectivity index (χ2v) is 9.27. The number of hydrogen-bond donors (Lipinski definition) is 1. The minimum atomic E-state index is -2.29. The highest BCUT2D eigenvalue weighted by Crippen LogP contribution is 2.47. The Balaban J connectivity index is 0.000000354. The van der Waals surface area contributed by atoms with Crippen LogP contribution in [-0.4, -0.2) is 30.4 Å². The number of ether oxygens (including phenoxy) is 1. The quantitative estimate of drug-likeness (QED) is 0.689. The number of nitrogens with one attached hydrogen (secondary N) is 1. The first-order valence-electron chi connectivity index (χ1n) is 11.5. The van der Waals surface area contributed by atoms with Crippen LogP contribution in [0, 0.1) is 11.8 Å². The van der Waals surface area contributed by atoms with Gasteiger partial charge >= 0.3 is 0 Å². The molecular formula is C26H32F2N2O2. The Morgan fingerprint density at radius 3 is 2.38 bits per heavy atom. The summed E-state index contributed by atoms with van der Waals surface area (Å²) in [6.07, 6.45) is 3.28. The van der Waals surface area contributed by atoms with Crippen molar-refractivity contribution in [3.63, 3.8) is 0 Å². The van der Waals surface area contributed by atoms with Gasteiger partial charge < -0.3 is 10.1 Å². The monoisotopic (exact) mass is 442 g/mol. The van der Waals surface area contributed by atoms with E-state index in [1.807, 2.05) is 6.07 Å². The fourth-order valence-corrected chi connectivity index (χ4v) is 3.90. The van der Waals surface area contributed by atoms with E-state index in [0.29, 0.717) is 6.54 Å². The SMILES string of the molecule is CC1CC1(F)F.COc1ccc2c(c1)CCN(Cc1ccc(CNC(=O)C3CC3)cc1)C2. The van der Waals surface area contributed by atoms with E-state index in [9.17, 15) is 13.6 Å². The van der Waals surface area contributed by atoms with Crippen LogP contribution in [0.4, 0.5) is 8.78 Å². The zero-order valence-electron chi connectivity index (χ0n) is 18.9. The first-order chi connectivity index (χ1) is 15.3. The number of carbonyl (C=O) groups excluding carboxylic acids is 1. The van der Waals surface area contributed by atoms with E-state index < -0.39 is 5.92 Å². The van der Waals surface area contributed by atoms with Crippen LogP contribution in [0.3, 0.4) is 0 Å². The fourth-order valence-electron chi connectivity index (χ4n) is 3.90. The van der Waals surface area contributed by atoms with Crippen LogP contribution in [0.2, 0.25) is 0 Å². The van der Waals surface area contributed by atoms with Gasteiger partial charge in [0.15, 0.2) is 0 Å². The Morgan fingerprint density at radius 2 is 1.78 bits per heavy atom. The van der Waals surface area contributed by atoms with Gasteiger partial charge in [0.25, 0.3) is 5.92 Å². The van der Waals surface area contributed by atoms with Gasteiger partial charge in [-0.3, -0.25) is 9.69 Å². The summed E-state index contributed by atoms with van der Waals surface area (Å²) < 4.78 is 28.4. The van der Waals surface area contributed by atoms with Crippen molar-refractivity contribution in [3.05, 3.63) is 64.7 Å². The van der Waals surface area contributed by atoms with E-state index in [4.69, 9.17) is 4.74 Å². The molecule has 1 aliphatic heterocycles.